The van der Waals surface area contributed by atoms with Gasteiger partial charge in [-0.2, -0.15) is 0 Å². The number of nitrogens with zero attached hydrogens (tertiary/aromatic N) is 4. The molecule has 11 nitrogen and oxygen atoms in total. The fourth-order valence-electron chi connectivity index (χ4n) is 7.52. The lowest BCUT2D eigenvalue weighted by atomic mass is 9.99. The fourth-order valence-corrected chi connectivity index (χ4v) is 7.52. The first kappa shape index (κ1) is 44.5. The van der Waals surface area contributed by atoms with Crippen LogP contribution < -0.4 is 9.47 Å². The van der Waals surface area contributed by atoms with Crippen molar-refractivity contribution in [3.05, 3.63) is 84.4 Å². The highest BCUT2D eigenvalue weighted by Gasteiger charge is 2.44. The van der Waals surface area contributed by atoms with Crippen molar-refractivity contribution in [1.82, 2.24) is 19.9 Å². The second kappa shape index (κ2) is 22.0. The van der Waals surface area contributed by atoms with Crippen molar-refractivity contribution in [2.24, 2.45) is 0 Å². The second-order valence-corrected chi connectivity index (χ2v) is 16.7. The third kappa shape index (κ3) is 13.5. The van der Waals surface area contributed by atoms with Gasteiger partial charge in [-0.1, -0.05) is 127 Å². The van der Waals surface area contributed by atoms with Crippen LogP contribution in [0.3, 0.4) is 0 Å². The average molecular weight is 811 g/mol. The lowest BCUT2D eigenvalue weighted by Crippen LogP contribution is -2.33. The highest BCUT2D eigenvalue weighted by molar-refractivity contribution is 5.56. The van der Waals surface area contributed by atoms with Crippen LogP contribution in [0.2, 0.25) is 0 Å². The SMILES string of the molecule is CCCCCCCCOc1cnc(-c2ccc([C@H](O[C@@H](c3ccc(-c4ncc(OCCCCCCCC)cn4)cc3)C3COC(C)(C)O3)C3COC(C)(C)O3)cc2)nc1. The maximum atomic E-state index is 7.14. The normalized spacial score (nSPS) is 19.4. The van der Waals surface area contributed by atoms with E-state index in [2.05, 4.69) is 58.0 Å². The number of unbranched alkanes of at least 4 members (excludes halogenated alkanes) is 10. The van der Waals surface area contributed by atoms with E-state index < -0.39 is 23.8 Å². The molecule has 11 heteroatoms. The Bertz CT molecular complexity index is 1670. The van der Waals surface area contributed by atoms with Crippen LogP contribution in [0.1, 0.15) is 142 Å². The monoisotopic (exact) mass is 810 g/mol. The number of hydrogen-bond acceptors (Lipinski definition) is 11. The van der Waals surface area contributed by atoms with Gasteiger partial charge in [-0.3, -0.25) is 0 Å². The maximum Gasteiger partial charge on any atom is 0.163 e. The Balaban J connectivity index is 1.14. The van der Waals surface area contributed by atoms with Gasteiger partial charge in [0.25, 0.3) is 0 Å². The number of ether oxygens (including phenoxy) is 7. The summed E-state index contributed by atoms with van der Waals surface area (Å²) in [6.45, 7) is 14.3. The van der Waals surface area contributed by atoms with Crippen molar-refractivity contribution in [2.75, 3.05) is 26.4 Å². The van der Waals surface area contributed by atoms with Crippen LogP contribution in [0.4, 0.5) is 0 Å². The molecule has 2 fully saturated rings. The molecule has 0 radical (unpaired) electrons. The van der Waals surface area contributed by atoms with Gasteiger partial charge >= 0.3 is 0 Å². The van der Waals surface area contributed by atoms with Gasteiger partial charge < -0.3 is 33.2 Å². The van der Waals surface area contributed by atoms with Crippen LogP contribution in [0.15, 0.2) is 73.3 Å². The van der Waals surface area contributed by atoms with Crippen LogP contribution in [0.25, 0.3) is 22.8 Å². The first-order chi connectivity index (χ1) is 28.6. The molecule has 2 aromatic heterocycles. The van der Waals surface area contributed by atoms with Gasteiger partial charge in [-0.05, 0) is 51.7 Å². The lowest BCUT2D eigenvalue weighted by molar-refractivity contribution is -0.187. The number of hydrogen-bond donors (Lipinski definition) is 0. The molecule has 2 aromatic carbocycles. The summed E-state index contributed by atoms with van der Waals surface area (Å²) in [6, 6.07) is 16.3. The molecule has 2 saturated heterocycles. The van der Waals surface area contributed by atoms with Crippen LogP contribution in [0.5, 0.6) is 11.5 Å². The Hall–Kier alpha value is -4.00. The van der Waals surface area contributed by atoms with Crippen molar-refractivity contribution >= 4 is 0 Å². The van der Waals surface area contributed by atoms with Crippen LogP contribution >= 0.6 is 0 Å². The van der Waals surface area contributed by atoms with E-state index in [0.29, 0.717) is 49.6 Å². The van der Waals surface area contributed by atoms with Crippen molar-refractivity contribution < 1.29 is 33.2 Å². The molecular weight excluding hydrogens is 745 g/mol. The molecule has 2 aliphatic rings. The van der Waals surface area contributed by atoms with E-state index in [9.17, 15) is 0 Å². The molecule has 0 amide bonds. The molecule has 6 rings (SSSR count). The summed E-state index contributed by atoms with van der Waals surface area (Å²) in [5.74, 6) is 1.11. The zero-order valence-electron chi connectivity index (χ0n) is 36.2. The van der Waals surface area contributed by atoms with Gasteiger partial charge in [0.05, 0.1) is 51.2 Å². The third-order valence-corrected chi connectivity index (χ3v) is 10.8. The molecule has 0 saturated carbocycles. The lowest BCUT2D eigenvalue weighted by Gasteiger charge is -2.32. The van der Waals surface area contributed by atoms with Gasteiger partial charge in [0.1, 0.15) is 24.4 Å². The minimum Gasteiger partial charge on any atom is -0.490 e. The van der Waals surface area contributed by atoms with Crippen LogP contribution in [-0.4, -0.2) is 70.1 Å². The summed E-state index contributed by atoms with van der Waals surface area (Å²) in [5, 5.41) is 0. The Morgan fingerprint density at radius 1 is 0.525 bits per heavy atom. The molecule has 2 aliphatic heterocycles. The van der Waals surface area contributed by atoms with E-state index in [1.807, 2.05) is 52.0 Å². The molecule has 4 aromatic rings. The molecule has 0 N–H and O–H groups in total. The summed E-state index contributed by atoms with van der Waals surface area (Å²) in [7, 11) is 0. The minimum absolute atomic E-state index is 0.373. The molecule has 4 atom stereocenters. The summed E-state index contributed by atoms with van der Waals surface area (Å²) < 4.78 is 44.0. The zero-order valence-corrected chi connectivity index (χ0v) is 36.2. The predicted octanol–water partition coefficient (Wildman–Crippen LogP) is 11.2. The molecule has 320 valence electrons. The van der Waals surface area contributed by atoms with Gasteiger partial charge in [-0.15, -0.1) is 0 Å². The third-order valence-electron chi connectivity index (χ3n) is 10.8. The predicted molar refractivity (Wildman–Crippen MR) is 229 cm³/mol. The van der Waals surface area contributed by atoms with Gasteiger partial charge in [0.2, 0.25) is 0 Å². The molecule has 59 heavy (non-hydrogen) atoms. The van der Waals surface area contributed by atoms with Crippen molar-refractivity contribution in [2.45, 2.75) is 155 Å². The van der Waals surface area contributed by atoms with Crippen molar-refractivity contribution in [3.8, 4) is 34.3 Å². The largest absolute Gasteiger partial charge is 0.490 e. The molecule has 4 heterocycles. The molecule has 0 aliphatic carbocycles. The van der Waals surface area contributed by atoms with E-state index in [1.165, 1.54) is 64.2 Å². The van der Waals surface area contributed by atoms with Crippen molar-refractivity contribution in [1.29, 1.82) is 0 Å². The van der Waals surface area contributed by atoms with Crippen molar-refractivity contribution in [3.63, 3.8) is 0 Å². The number of benzene rings is 2. The minimum atomic E-state index is -0.750. The van der Waals surface area contributed by atoms with Gasteiger partial charge in [0.15, 0.2) is 34.7 Å². The van der Waals surface area contributed by atoms with E-state index in [4.69, 9.17) is 33.2 Å². The van der Waals surface area contributed by atoms with E-state index in [0.717, 1.165) is 35.1 Å². The van der Waals surface area contributed by atoms with E-state index >= 15 is 0 Å². The number of aromatic nitrogens is 4. The summed E-state index contributed by atoms with van der Waals surface area (Å²) in [5.41, 5.74) is 3.65. The molecule has 0 bridgehead atoms. The molecule has 0 spiro atoms. The highest BCUT2D eigenvalue weighted by Crippen LogP contribution is 2.41. The topological polar surface area (TPSA) is 116 Å². The zero-order chi connectivity index (χ0) is 41.5. The van der Waals surface area contributed by atoms with Gasteiger partial charge in [-0.25, -0.2) is 19.9 Å². The average Bonchev–Trinajstić information content (AvgIpc) is 3.80. The summed E-state index contributed by atoms with van der Waals surface area (Å²) >= 11 is 0. The van der Waals surface area contributed by atoms with Gasteiger partial charge in [0, 0.05) is 11.1 Å². The van der Waals surface area contributed by atoms with Crippen LogP contribution in [-0.2, 0) is 23.7 Å². The quantitative estimate of drug-likeness (QED) is 0.0630. The fraction of sp³-hybridized carbons (Fsp3) is 0.583. The molecule has 2 unspecified atom stereocenters. The number of rotatable bonds is 24. The standard InChI is InChI=1S/C48H66N4O7/c1-7-9-11-13-15-17-27-53-39-29-49-45(50-30-39)37-23-19-35(20-24-37)43(41-33-55-47(3,4)58-41)57-44(42-34-56-48(5,6)59-42)36-21-25-38(26-22-36)46-51-31-40(32-52-46)54-28-18-16-14-12-10-8-2/h19-26,29-32,41-44H,7-18,27-28,33-34H2,1-6H3/t41?,42?,43-,44-/m0/s1. The first-order valence-corrected chi connectivity index (χ1v) is 22.0. The Labute approximate surface area is 351 Å². The first-order valence-electron chi connectivity index (χ1n) is 22.0. The Morgan fingerprint density at radius 2 is 0.881 bits per heavy atom. The molecular formula is C48H66N4O7. The summed E-state index contributed by atoms with van der Waals surface area (Å²) in [4.78, 5) is 18.5. The van der Waals surface area contributed by atoms with Crippen LogP contribution in [0, 0.1) is 0 Å². The van der Waals surface area contributed by atoms with E-state index in [1.54, 1.807) is 24.8 Å². The Morgan fingerprint density at radius 3 is 1.22 bits per heavy atom. The Kier molecular flexibility index (Phi) is 16.6. The summed E-state index contributed by atoms with van der Waals surface area (Å²) in [6.07, 6.45) is 19.9. The second-order valence-electron chi connectivity index (χ2n) is 16.7. The van der Waals surface area contributed by atoms with E-state index in [-0.39, 0.29) is 12.2 Å². The highest BCUT2D eigenvalue weighted by atomic mass is 16.8. The smallest absolute Gasteiger partial charge is 0.163 e. The maximum absolute atomic E-state index is 7.14.